The maximum absolute atomic E-state index is 12.8. The van der Waals surface area contributed by atoms with Crippen LogP contribution in [0, 0.1) is 5.92 Å². The maximum atomic E-state index is 12.8. The van der Waals surface area contributed by atoms with Crippen LogP contribution < -0.4 is 0 Å². The highest BCUT2D eigenvalue weighted by Crippen LogP contribution is 2.27. The van der Waals surface area contributed by atoms with Crippen LogP contribution in [-0.2, 0) is 4.79 Å². The number of likely N-dealkylation sites (tertiary alicyclic amines) is 1. The zero-order chi connectivity index (χ0) is 16.7. The lowest BCUT2D eigenvalue weighted by Gasteiger charge is -2.30. The molecule has 5 nitrogen and oxygen atoms in total. The van der Waals surface area contributed by atoms with Crippen molar-refractivity contribution in [3.8, 4) is 0 Å². The molecule has 0 saturated carbocycles. The van der Waals surface area contributed by atoms with E-state index in [1.807, 2.05) is 42.5 Å². The zero-order valence-electron chi connectivity index (χ0n) is 13.2. The van der Waals surface area contributed by atoms with Crippen molar-refractivity contribution in [3.63, 3.8) is 0 Å². The van der Waals surface area contributed by atoms with Crippen molar-refractivity contribution in [2.45, 2.75) is 12.8 Å². The topological polar surface area (TPSA) is 73.4 Å². The van der Waals surface area contributed by atoms with E-state index in [9.17, 15) is 14.7 Å². The molecule has 0 spiro atoms. The number of aromatic nitrogens is 1. The van der Waals surface area contributed by atoms with E-state index in [0.29, 0.717) is 18.7 Å². The zero-order valence-corrected chi connectivity index (χ0v) is 13.2. The van der Waals surface area contributed by atoms with Gasteiger partial charge in [0.05, 0.1) is 5.92 Å². The van der Waals surface area contributed by atoms with E-state index < -0.39 is 11.9 Å². The van der Waals surface area contributed by atoms with E-state index in [1.165, 1.54) is 0 Å². The fourth-order valence-corrected chi connectivity index (χ4v) is 3.53. The molecule has 4 rings (SSSR count). The second-order valence-electron chi connectivity index (χ2n) is 6.36. The Morgan fingerprint density at radius 3 is 2.79 bits per heavy atom. The fraction of sp³-hybridized carbons (Fsp3) is 0.263. The minimum absolute atomic E-state index is 0.124. The number of carbonyl (C=O) groups excluding carboxylic acids is 1. The van der Waals surface area contributed by atoms with Crippen molar-refractivity contribution in [2.75, 3.05) is 13.1 Å². The lowest BCUT2D eigenvalue weighted by molar-refractivity contribution is -0.143. The molecule has 24 heavy (non-hydrogen) atoms. The Kier molecular flexibility index (Phi) is 3.49. The SMILES string of the molecule is O=C(O)[C@H]1CCCN(C(=O)c2cc3c(ccc4ccccc43)[nH]2)C1. The average Bonchev–Trinajstić information content (AvgIpc) is 3.06. The molecule has 0 radical (unpaired) electrons. The van der Waals surface area contributed by atoms with Crippen molar-refractivity contribution in [2.24, 2.45) is 5.92 Å². The first kappa shape index (κ1) is 14.8. The summed E-state index contributed by atoms with van der Waals surface area (Å²) in [5, 5.41) is 12.4. The summed E-state index contributed by atoms with van der Waals surface area (Å²) >= 11 is 0. The number of nitrogens with zero attached hydrogens (tertiary/aromatic N) is 1. The third-order valence-electron chi connectivity index (χ3n) is 4.82. The summed E-state index contributed by atoms with van der Waals surface area (Å²) in [6.45, 7) is 0.892. The largest absolute Gasteiger partial charge is 0.481 e. The van der Waals surface area contributed by atoms with Crippen molar-refractivity contribution in [3.05, 3.63) is 48.2 Å². The molecular weight excluding hydrogens is 304 g/mol. The molecule has 1 amide bonds. The van der Waals surface area contributed by atoms with E-state index in [4.69, 9.17) is 0 Å². The van der Waals surface area contributed by atoms with E-state index in [2.05, 4.69) is 4.98 Å². The van der Waals surface area contributed by atoms with Crippen molar-refractivity contribution < 1.29 is 14.7 Å². The highest BCUT2D eigenvalue weighted by molar-refractivity contribution is 6.09. The molecule has 0 aliphatic carbocycles. The van der Waals surface area contributed by atoms with Gasteiger partial charge in [0.15, 0.2) is 0 Å². The molecule has 122 valence electrons. The predicted octanol–water partition coefficient (Wildman–Crippen LogP) is 3.26. The Hall–Kier alpha value is -2.82. The van der Waals surface area contributed by atoms with Gasteiger partial charge in [0.25, 0.3) is 5.91 Å². The number of hydrogen-bond donors (Lipinski definition) is 2. The number of rotatable bonds is 2. The van der Waals surface area contributed by atoms with Gasteiger partial charge < -0.3 is 15.0 Å². The van der Waals surface area contributed by atoms with Gasteiger partial charge in [0.1, 0.15) is 5.69 Å². The average molecular weight is 322 g/mol. The van der Waals surface area contributed by atoms with Gasteiger partial charge >= 0.3 is 5.97 Å². The number of benzene rings is 2. The number of fused-ring (bicyclic) bond motifs is 3. The van der Waals surface area contributed by atoms with Gasteiger partial charge in [-0.15, -0.1) is 0 Å². The monoisotopic (exact) mass is 322 g/mol. The van der Waals surface area contributed by atoms with Crippen molar-refractivity contribution in [1.29, 1.82) is 0 Å². The summed E-state index contributed by atoms with van der Waals surface area (Å²) in [7, 11) is 0. The number of carbonyl (C=O) groups is 2. The van der Waals surface area contributed by atoms with Crippen LogP contribution in [0.4, 0.5) is 0 Å². The van der Waals surface area contributed by atoms with Crippen LogP contribution in [-0.4, -0.2) is 40.0 Å². The molecule has 0 unspecified atom stereocenters. The van der Waals surface area contributed by atoms with Crippen molar-refractivity contribution in [1.82, 2.24) is 9.88 Å². The van der Waals surface area contributed by atoms with Gasteiger partial charge in [-0.05, 0) is 35.7 Å². The normalized spacial score (nSPS) is 18.2. The molecular formula is C19H18N2O3. The molecule has 0 bridgehead atoms. The van der Waals surface area contributed by atoms with E-state index in [-0.39, 0.29) is 12.5 Å². The molecule has 1 aliphatic heterocycles. The Bertz CT molecular complexity index is 944. The Morgan fingerprint density at radius 2 is 1.96 bits per heavy atom. The smallest absolute Gasteiger partial charge is 0.308 e. The Labute approximate surface area is 138 Å². The number of aromatic amines is 1. The lowest BCUT2D eigenvalue weighted by Crippen LogP contribution is -2.42. The van der Waals surface area contributed by atoms with Crippen LogP contribution in [0.1, 0.15) is 23.3 Å². The number of carboxylic acid groups (broad SMARTS) is 1. The summed E-state index contributed by atoms with van der Waals surface area (Å²) < 4.78 is 0. The van der Waals surface area contributed by atoms with E-state index in [0.717, 1.165) is 28.1 Å². The summed E-state index contributed by atoms with van der Waals surface area (Å²) in [4.78, 5) is 28.8. The number of H-pyrrole nitrogens is 1. The van der Waals surface area contributed by atoms with Gasteiger partial charge in [-0.2, -0.15) is 0 Å². The molecule has 2 N–H and O–H groups in total. The first-order valence-electron chi connectivity index (χ1n) is 8.16. The quantitative estimate of drug-likeness (QED) is 0.760. The molecule has 1 aromatic heterocycles. The number of piperidine rings is 1. The van der Waals surface area contributed by atoms with E-state index >= 15 is 0 Å². The van der Waals surface area contributed by atoms with Gasteiger partial charge in [-0.3, -0.25) is 9.59 Å². The van der Waals surface area contributed by atoms with Crippen molar-refractivity contribution >= 4 is 33.6 Å². The molecule has 1 fully saturated rings. The molecule has 1 saturated heterocycles. The lowest BCUT2D eigenvalue weighted by atomic mass is 9.98. The third kappa shape index (κ3) is 2.42. The summed E-state index contributed by atoms with van der Waals surface area (Å²) in [6.07, 6.45) is 1.36. The van der Waals surface area contributed by atoms with Crippen LogP contribution >= 0.6 is 0 Å². The van der Waals surface area contributed by atoms with Gasteiger partial charge in [0.2, 0.25) is 0 Å². The number of hydrogen-bond acceptors (Lipinski definition) is 2. The molecule has 2 heterocycles. The Balaban J connectivity index is 1.70. The third-order valence-corrected chi connectivity index (χ3v) is 4.82. The van der Waals surface area contributed by atoms with E-state index in [1.54, 1.807) is 4.90 Å². The van der Waals surface area contributed by atoms with Gasteiger partial charge in [-0.25, -0.2) is 0 Å². The standard InChI is InChI=1S/C19H18N2O3/c22-18(21-9-3-5-13(11-21)19(23)24)17-10-15-14-6-2-1-4-12(14)7-8-16(15)20-17/h1-2,4,6-8,10,13,20H,3,5,9,11H2,(H,23,24)/t13-/m0/s1. The Morgan fingerprint density at radius 1 is 1.12 bits per heavy atom. The minimum atomic E-state index is -0.824. The van der Waals surface area contributed by atoms with Gasteiger partial charge in [0, 0.05) is 24.0 Å². The predicted molar refractivity (Wildman–Crippen MR) is 92.1 cm³/mol. The number of amides is 1. The van der Waals surface area contributed by atoms with Crippen LogP contribution in [0.5, 0.6) is 0 Å². The highest BCUT2D eigenvalue weighted by atomic mass is 16.4. The highest BCUT2D eigenvalue weighted by Gasteiger charge is 2.29. The minimum Gasteiger partial charge on any atom is -0.481 e. The molecule has 5 heteroatoms. The van der Waals surface area contributed by atoms with Crippen LogP contribution in [0.25, 0.3) is 21.7 Å². The summed E-state index contributed by atoms with van der Waals surface area (Å²) in [5.74, 6) is -1.41. The number of aliphatic carboxylic acids is 1. The van der Waals surface area contributed by atoms with Gasteiger partial charge in [-0.1, -0.05) is 30.3 Å². The summed E-state index contributed by atoms with van der Waals surface area (Å²) in [5.41, 5.74) is 1.44. The van der Waals surface area contributed by atoms with Crippen LogP contribution in [0.3, 0.4) is 0 Å². The first-order chi connectivity index (χ1) is 11.6. The van der Waals surface area contributed by atoms with Crippen LogP contribution in [0.15, 0.2) is 42.5 Å². The molecule has 1 atom stereocenters. The number of nitrogens with one attached hydrogen (secondary N) is 1. The molecule has 3 aromatic rings. The first-order valence-corrected chi connectivity index (χ1v) is 8.16. The molecule has 2 aromatic carbocycles. The summed E-state index contributed by atoms with van der Waals surface area (Å²) in [6, 6.07) is 14.0. The fourth-order valence-electron chi connectivity index (χ4n) is 3.53. The second-order valence-corrected chi connectivity index (χ2v) is 6.36. The maximum Gasteiger partial charge on any atom is 0.308 e. The second kappa shape index (κ2) is 5.67. The number of carboxylic acids is 1. The van der Waals surface area contributed by atoms with Crippen LogP contribution in [0.2, 0.25) is 0 Å². The molecule has 1 aliphatic rings.